The van der Waals surface area contributed by atoms with Gasteiger partial charge in [0.25, 0.3) is 0 Å². The molecule has 2 rings (SSSR count). The minimum absolute atomic E-state index is 0.409. The van der Waals surface area contributed by atoms with E-state index in [0.29, 0.717) is 17.5 Å². The Labute approximate surface area is 102 Å². The molecule has 3 heteroatoms. The van der Waals surface area contributed by atoms with Crippen LogP contribution in [0, 0.1) is 5.41 Å². The summed E-state index contributed by atoms with van der Waals surface area (Å²) in [7, 11) is 0. The van der Waals surface area contributed by atoms with Crippen molar-refractivity contribution in [3.05, 3.63) is 16.6 Å². The van der Waals surface area contributed by atoms with Gasteiger partial charge in [0.1, 0.15) is 5.01 Å². The highest BCUT2D eigenvalue weighted by Gasteiger charge is 2.27. The maximum Gasteiger partial charge on any atom is 0.109 e. The minimum atomic E-state index is 0.409. The highest BCUT2D eigenvalue weighted by Crippen LogP contribution is 2.35. The molecule has 1 N–H and O–H groups in total. The predicted molar refractivity (Wildman–Crippen MR) is 69.7 cm³/mol. The van der Waals surface area contributed by atoms with Gasteiger partial charge in [-0.3, -0.25) is 0 Å². The lowest BCUT2D eigenvalue weighted by Crippen LogP contribution is -2.36. The van der Waals surface area contributed by atoms with Gasteiger partial charge in [0.15, 0.2) is 0 Å². The molecule has 1 saturated carbocycles. The summed E-state index contributed by atoms with van der Waals surface area (Å²) in [6, 6.07) is 1.10. The SMILES string of the molecule is CC(NC1CCC(C)(C)CC1)c1nccs1. The Bertz CT molecular complexity index is 309. The molecule has 0 radical (unpaired) electrons. The quantitative estimate of drug-likeness (QED) is 0.867. The summed E-state index contributed by atoms with van der Waals surface area (Å²) in [4.78, 5) is 4.37. The first-order valence-corrected chi connectivity index (χ1v) is 7.10. The standard InChI is InChI=1S/C13H22N2S/c1-10(12-14-8-9-16-12)15-11-4-6-13(2,3)7-5-11/h8-11,15H,4-7H2,1-3H3. The summed E-state index contributed by atoms with van der Waals surface area (Å²) in [6.45, 7) is 6.99. The van der Waals surface area contributed by atoms with Gasteiger partial charge in [0, 0.05) is 17.6 Å². The largest absolute Gasteiger partial charge is 0.305 e. The summed E-state index contributed by atoms with van der Waals surface area (Å²) < 4.78 is 0. The second-order valence-electron chi connectivity index (χ2n) is 5.70. The van der Waals surface area contributed by atoms with Crippen LogP contribution in [0.2, 0.25) is 0 Å². The first kappa shape index (κ1) is 12.1. The molecule has 0 bridgehead atoms. The maximum absolute atomic E-state index is 4.37. The van der Waals surface area contributed by atoms with Gasteiger partial charge in [0.05, 0.1) is 6.04 Å². The minimum Gasteiger partial charge on any atom is -0.305 e. The lowest BCUT2D eigenvalue weighted by atomic mass is 9.75. The fraction of sp³-hybridized carbons (Fsp3) is 0.769. The summed E-state index contributed by atoms with van der Waals surface area (Å²) >= 11 is 1.75. The highest BCUT2D eigenvalue weighted by atomic mass is 32.1. The summed E-state index contributed by atoms with van der Waals surface area (Å²) in [6.07, 6.45) is 7.19. The van der Waals surface area contributed by atoms with Crippen LogP contribution in [-0.4, -0.2) is 11.0 Å². The molecule has 1 atom stereocenters. The third kappa shape index (κ3) is 3.05. The number of aromatic nitrogens is 1. The average molecular weight is 238 g/mol. The summed E-state index contributed by atoms with van der Waals surface area (Å²) in [5.41, 5.74) is 0.558. The van der Waals surface area contributed by atoms with Crippen LogP contribution in [0.5, 0.6) is 0 Å². The number of rotatable bonds is 3. The molecule has 0 aliphatic heterocycles. The van der Waals surface area contributed by atoms with E-state index in [1.807, 2.05) is 6.20 Å². The zero-order chi connectivity index (χ0) is 11.6. The van der Waals surface area contributed by atoms with Gasteiger partial charge in [-0.05, 0) is 38.0 Å². The van der Waals surface area contributed by atoms with Crippen LogP contribution in [0.4, 0.5) is 0 Å². The zero-order valence-corrected chi connectivity index (χ0v) is 11.3. The Hall–Kier alpha value is -0.410. The normalized spacial score (nSPS) is 23.2. The van der Waals surface area contributed by atoms with E-state index in [1.54, 1.807) is 11.3 Å². The summed E-state index contributed by atoms with van der Waals surface area (Å²) in [5, 5.41) is 6.97. The Morgan fingerprint density at radius 3 is 2.69 bits per heavy atom. The van der Waals surface area contributed by atoms with E-state index in [4.69, 9.17) is 0 Å². The molecule has 1 aliphatic carbocycles. The molecule has 1 unspecified atom stereocenters. The molecular formula is C13H22N2S. The van der Waals surface area contributed by atoms with Crippen molar-refractivity contribution in [2.75, 3.05) is 0 Å². The second-order valence-corrected chi connectivity index (χ2v) is 6.62. The van der Waals surface area contributed by atoms with Crippen molar-refractivity contribution in [1.29, 1.82) is 0 Å². The molecule has 0 saturated heterocycles. The Balaban J connectivity index is 1.83. The van der Waals surface area contributed by atoms with E-state index in [2.05, 4.69) is 36.5 Å². The van der Waals surface area contributed by atoms with Gasteiger partial charge >= 0.3 is 0 Å². The van der Waals surface area contributed by atoms with Crippen molar-refractivity contribution >= 4 is 11.3 Å². The molecule has 1 aromatic heterocycles. The van der Waals surface area contributed by atoms with Gasteiger partial charge in [-0.2, -0.15) is 0 Å². The third-order valence-corrected chi connectivity index (χ3v) is 4.60. The van der Waals surface area contributed by atoms with Crippen molar-refractivity contribution in [3.63, 3.8) is 0 Å². The van der Waals surface area contributed by atoms with Crippen molar-refractivity contribution in [2.45, 2.75) is 58.5 Å². The number of hydrogen-bond donors (Lipinski definition) is 1. The van der Waals surface area contributed by atoms with Crippen molar-refractivity contribution in [2.24, 2.45) is 5.41 Å². The predicted octanol–water partition coefficient (Wildman–Crippen LogP) is 3.76. The number of hydrogen-bond acceptors (Lipinski definition) is 3. The van der Waals surface area contributed by atoms with Crippen LogP contribution in [0.3, 0.4) is 0 Å². The molecule has 0 spiro atoms. The van der Waals surface area contributed by atoms with Crippen LogP contribution in [0.25, 0.3) is 0 Å². The molecular weight excluding hydrogens is 216 g/mol. The Kier molecular flexibility index (Phi) is 3.65. The molecule has 16 heavy (non-hydrogen) atoms. The van der Waals surface area contributed by atoms with Crippen molar-refractivity contribution in [3.8, 4) is 0 Å². The second kappa shape index (κ2) is 4.84. The molecule has 0 amide bonds. The van der Waals surface area contributed by atoms with Crippen LogP contribution < -0.4 is 5.32 Å². The first-order chi connectivity index (χ1) is 7.57. The summed E-state index contributed by atoms with van der Waals surface area (Å²) in [5.74, 6) is 0. The topological polar surface area (TPSA) is 24.9 Å². The fourth-order valence-corrected chi connectivity index (χ4v) is 3.09. The lowest BCUT2D eigenvalue weighted by Gasteiger charge is -2.35. The van der Waals surface area contributed by atoms with Crippen molar-refractivity contribution in [1.82, 2.24) is 10.3 Å². The Morgan fingerprint density at radius 2 is 2.12 bits per heavy atom. The lowest BCUT2D eigenvalue weighted by molar-refractivity contribution is 0.200. The first-order valence-electron chi connectivity index (χ1n) is 6.22. The fourth-order valence-electron chi connectivity index (χ4n) is 2.44. The number of nitrogens with one attached hydrogen (secondary N) is 1. The molecule has 2 nitrogen and oxygen atoms in total. The molecule has 1 heterocycles. The monoisotopic (exact) mass is 238 g/mol. The average Bonchev–Trinajstić information content (AvgIpc) is 2.74. The number of nitrogens with zero attached hydrogens (tertiary/aromatic N) is 1. The molecule has 0 aromatic carbocycles. The highest BCUT2D eigenvalue weighted by molar-refractivity contribution is 7.09. The van der Waals surface area contributed by atoms with Crippen LogP contribution in [0.15, 0.2) is 11.6 Å². The van der Waals surface area contributed by atoms with Gasteiger partial charge < -0.3 is 5.32 Å². The van der Waals surface area contributed by atoms with Crippen LogP contribution >= 0.6 is 11.3 Å². The molecule has 1 aromatic rings. The van der Waals surface area contributed by atoms with Gasteiger partial charge in [-0.1, -0.05) is 13.8 Å². The maximum atomic E-state index is 4.37. The van der Waals surface area contributed by atoms with E-state index in [0.717, 1.165) is 0 Å². The van der Waals surface area contributed by atoms with E-state index in [1.165, 1.54) is 30.7 Å². The van der Waals surface area contributed by atoms with Gasteiger partial charge in [-0.25, -0.2) is 4.98 Å². The Morgan fingerprint density at radius 1 is 1.44 bits per heavy atom. The van der Waals surface area contributed by atoms with Gasteiger partial charge in [-0.15, -0.1) is 11.3 Å². The van der Waals surface area contributed by atoms with Gasteiger partial charge in [0.2, 0.25) is 0 Å². The van der Waals surface area contributed by atoms with Crippen LogP contribution in [-0.2, 0) is 0 Å². The van der Waals surface area contributed by atoms with Crippen molar-refractivity contribution < 1.29 is 0 Å². The molecule has 1 aliphatic rings. The zero-order valence-electron chi connectivity index (χ0n) is 10.5. The third-order valence-electron chi connectivity index (χ3n) is 3.65. The molecule has 90 valence electrons. The number of thiazole rings is 1. The molecule has 1 fully saturated rings. The van der Waals surface area contributed by atoms with E-state index >= 15 is 0 Å². The smallest absolute Gasteiger partial charge is 0.109 e. The van der Waals surface area contributed by atoms with E-state index in [-0.39, 0.29) is 0 Å². The van der Waals surface area contributed by atoms with E-state index < -0.39 is 0 Å². The van der Waals surface area contributed by atoms with Crippen LogP contribution in [0.1, 0.15) is 57.5 Å². The van der Waals surface area contributed by atoms with E-state index in [9.17, 15) is 0 Å².